The smallest absolute Gasteiger partial charge is 0.238 e. The summed E-state index contributed by atoms with van der Waals surface area (Å²) in [6.07, 6.45) is 0. The number of fused-ring (bicyclic) bond motifs is 1. The number of rotatable bonds is 4. The SMILES string of the molecule is O=C(CN1CCNCC1c1cccc(F)c1)Nc1ccc2c(c1)OCO2. The third-order valence-corrected chi connectivity index (χ3v) is 4.59. The summed E-state index contributed by atoms with van der Waals surface area (Å²) in [6, 6.07) is 11.8. The quantitative estimate of drug-likeness (QED) is 0.878. The highest BCUT2D eigenvalue weighted by atomic mass is 19.1. The zero-order valence-corrected chi connectivity index (χ0v) is 14.2. The number of nitrogens with one attached hydrogen (secondary N) is 2. The molecule has 1 atom stereocenters. The third kappa shape index (κ3) is 3.63. The molecule has 6 nitrogen and oxygen atoms in total. The van der Waals surface area contributed by atoms with Crippen molar-refractivity contribution >= 4 is 11.6 Å². The van der Waals surface area contributed by atoms with Gasteiger partial charge in [0.05, 0.1) is 6.54 Å². The van der Waals surface area contributed by atoms with Gasteiger partial charge in [-0.1, -0.05) is 12.1 Å². The van der Waals surface area contributed by atoms with E-state index >= 15 is 0 Å². The van der Waals surface area contributed by atoms with Crippen LogP contribution in [0.5, 0.6) is 11.5 Å². The van der Waals surface area contributed by atoms with E-state index < -0.39 is 0 Å². The summed E-state index contributed by atoms with van der Waals surface area (Å²) in [5.74, 6) is 0.920. The Morgan fingerprint density at radius 1 is 1.23 bits per heavy atom. The van der Waals surface area contributed by atoms with Gasteiger partial charge in [-0.25, -0.2) is 4.39 Å². The molecule has 26 heavy (non-hydrogen) atoms. The molecule has 2 aromatic rings. The number of piperazine rings is 1. The fourth-order valence-corrected chi connectivity index (χ4v) is 3.34. The standard InChI is InChI=1S/C19H20FN3O3/c20-14-3-1-2-13(8-14)16-10-21-6-7-23(16)11-19(24)22-15-4-5-17-18(9-15)26-12-25-17/h1-5,8-9,16,21H,6-7,10-12H2,(H,22,24). The number of ether oxygens (including phenoxy) is 2. The summed E-state index contributed by atoms with van der Waals surface area (Å²) in [4.78, 5) is 14.6. The second-order valence-corrected chi connectivity index (χ2v) is 6.36. The van der Waals surface area contributed by atoms with Crippen LogP contribution < -0.4 is 20.1 Å². The summed E-state index contributed by atoms with van der Waals surface area (Å²) in [5, 5.41) is 6.20. The number of nitrogens with zero attached hydrogens (tertiary/aromatic N) is 1. The average molecular weight is 357 g/mol. The zero-order chi connectivity index (χ0) is 17.9. The lowest BCUT2D eigenvalue weighted by molar-refractivity contribution is -0.118. The highest BCUT2D eigenvalue weighted by Gasteiger charge is 2.26. The Morgan fingerprint density at radius 3 is 3.00 bits per heavy atom. The van der Waals surface area contributed by atoms with E-state index in [1.54, 1.807) is 24.3 Å². The van der Waals surface area contributed by atoms with Crippen LogP contribution in [0, 0.1) is 5.82 Å². The van der Waals surface area contributed by atoms with Crippen molar-refractivity contribution in [2.75, 3.05) is 38.3 Å². The van der Waals surface area contributed by atoms with Gasteiger partial charge in [-0.05, 0) is 29.8 Å². The van der Waals surface area contributed by atoms with E-state index in [2.05, 4.69) is 15.5 Å². The van der Waals surface area contributed by atoms with Crippen LogP contribution in [0.2, 0.25) is 0 Å². The van der Waals surface area contributed by atoms with Gasteiger partial charge in [-0.15, -0.1) is 0 Å². The number of amides is 1. The maximum atomic E-state index is 13.6. The second-order valence-electron chi connectivity index (χ2n) is 6.36. The molecular formula is C19H20FN3O3. The zero-order valence-electron chi connectivity index (χ0n) is 14.2. The minimum atomic E-state index is -0.266. The van der Waals surface area contributed by atoms with Gasteiger partial charge in [0.2, 0.25) is 12.7 Å². The van der Waals surface area contributed by atoms with Crippen LogP contribution >= 0.6 is 0 Å². The summed E-state index contributed by atoms with van der Waals surface area (Å²) in [7, 11) is 0. The second kappa shape index (κ2) is 7.31. The van der Waals surface area contributed by atoms with E-state index in [0.29, 0.717) is 23.7 Å². The average Bonchev–Trinajstić information content (AvgIpc) is 3.10. The van der Waals surface area contributed by atoms with Crippen molar-refractivity contribution in [1.29, 1.82) is 0 Å². The molecule has 0 saturated carbocycles. The molecule has 1 saturated heterocycles. The van der Waals surface area contributed by atoms with E-state index in [-0.39, 0.29) is 31.1 Å². The van der Waals surface area contributed by atoms with Gasteiger partial charge in [-0.2, -0.15) is 0 Å². The molecule has 1 unspecified atom stereocenters. The lowest BCUT2D eigenvalue weighted by Gasteiger charge is -2.36. The van der Waals surface area contributed by atoms with E-state index in [1.807, 2.05) is 6.07 Å². The van der Waals surface area contributed by atoms with Crippen LogP contribution in [0.1, 0.15) is 11.6 Å². The molecule has 4 rings (SSSR count). The Kier molecular flexibility index (Phi) is 4.73. The molecule has 1 amide bonds. The molecule has 136 valence electrons. The number of halogens is 1. The third-order valence-electron chi connectivity index (χ3n) is 4.59. The van der Waals surface area contributed by atoms with Crippen molar-refractivity contribution in [3.63, 3.8) is 0 Å². The molecule has 1 fully saturated rings. The van der Waals surface area contributed by atoms with Gasteiger partial charge >= 0.3 is 0 Å². The van der Waals surface area contributed by atoms with Gasteiger partial charge < -0.3 is 20.1 Å². The van der Waals surface area contributed by atoms with Crippen molar-refractivity contribution < 1.29 is 18.7 Å². The fourth-order valence-electron chi connectivity index (χ4n) is 3.34. The summed E-state index contributed by atoms with van der Waals surface area (Å²) < 4.78 is 24.2. The predicted octanol–water partition coefficient (Wildman–Crippen LogP) is 2.14. The predicted molar refractivity (Wildman–Crippen MR) is 94.8 cm³/mol. The molecule has 7 heteroatoms. The Hall–Kier alpha value is -2.64. The monoisotopic (exact) mass is 357 g/mol. The topological polar surface area (TPSA) is 62.8 Å². The van der Waals surface area contributed by atoms with Gasteiger partial charge in [-0.3, -0.25) is 9.69 Å². The number of carbonyl (C=O) groups is 1. The number of anilines is 1. The van der Waals surface area contributed by atoms with Crippen LogP contribution in [0.15, 0.2) is 42.5 Å². The first kappa shape index (κ1) is 16.8. The number of hydrogen-bond donors (Lipinski definition) is 2. The van der Waals surface area contributed by atoms with Crippen molar-refractivity contribution in [1.82, 2.24) is 10.2 Å². The van der Waals surface area contributed by atoms with Crippen LogP contribution in [-0.4, -0.2) is 43.8 Å². The molecule has 0 bridgehead atoms. The van der Waals surface area contributed by atoms with Crippen molar-refractivity contribution in [3.05, 3.63) is 53.8 Å². The minimum absolute atomic E-state index is 0.0399. The number of hydrogen-bond acceptors (Lipinski definition) is 5. The van der Waals surface area contributed by atoms with Crippen LogP contribution in [-0.2, 0) is 4.79 Å². The van der Waals surface area contributed by atoms with Crippen molar-refractivity contribution in [2.24, 2.45) is 0 Å². The van der Waals surface area contributed by atoms with Crippen LogP contribution in [0.25, 0.3) is 0 Å². The molecule has 2 N–H and O–H groups in total. The minimum Gasteiger partial charge on any atom is -0.454 e. The van der Waals surface area contributed by atoms with E-state index in [0.717, 1.165) is 18.7 Å². The molecule has 0 aromatic heterocycles. The molecule has 0 spiro atoms. The Bertz CT molecular complexity index is 814. The maximum absolute atomic E-state index is 13.6. The first-order valence-electron chi connectivity index (χ1n) is 8.59. The molecule has 0 radical (unpaired) electrons. The van der Waals surface area contributed by atoms with Crippen molar-refractivity contribution in [3.8, 4) is 11.5 Å². The molecule has 2 aliphatic rings. The van der Waals surface area contributed by atoms with Gasteiger partial charge in [0.25, 0.3) is 0 Å². The highest BCUT2D eigenvalue weighted by molar-refractivity contribution is 5.92. The Balaban J connectivity index is 1.43. The lowest BCUT2D eigenvalue weighted by atomic mass is 10.0. The van der Waals surface area contributed by atoms with Gasteiger partial charge in [0.15, 0.2) is 11.5 Å². The maximum Gasteiger partial charge on any atom is 0.238 e. The highest BCUT2D eigenvalue weighted by Crippen LogP contribution is 2.34. The molecule has 2 aliphatic heterocycles. The molecular weight excluding hydrogens is 337 g/mol. The van der Waals surface area contributed by atoms with Gasteiger partial charge in [0.1, 0.15) is 5.82 Å². The van der Waals surface area contributed by atoms with E-state index in [4.69, 9.17) is 9.47 Å². The summed E-state index contributed by atoms with van der Waals surface area (Å²) >= 11 is 0. The molecule has 2 aromatic carbocycles. The largest absolute Gasteiger partial charge is 0.454 e. The Morgan fingerprint density at radius 2 is 2.12 bits per heavy atom. The van der Waals surface area contributed by atoms with E-state index in [9.17, 15) is 9.18 Å². The number of carbonyl (C=O) groups excluding carboxylic acids is 1. The van der Waals surface area contributed by atoms with Crippen molar-refractivity contribution in [2.45, 2.75) is 6.04 Å². The molecule has 2 heterocycles. The fraction of sp³-hybridized carbons (Fsp3) is 0.316. The van der Waals surface area contributed by atoms with E-state index in [1.165, 1.54) is 12.1 Å². The first-order valence-corrected chi connectivity index (χ1v) is 8.59. The molecule has 0 aliphatic carbocycles. The first-order chi connectivity index (χ1) is 12.7. The number of benzene rings is 2. The van der Waals surface area contributed by atoms with Crippen LogP contribution in [0.4, 0.5) is 10.1 Å². The van der Waals surface area contributed by atoms with Gasteiger partial charge in [0, 0.05) is 37.4 Å². The van der Waals surface area contributed by atoms with Crippen LogP contribution in [0.3, 0.4) is 0 Å². The normalized spacial score (nSPS) is 19.3. The summed E-state index contributed by atoms with van der Waals surface area (Å²) in [5.41, 5.74) is 1.53. The summed E-state index contributed by atoms with van der Waals surface area (Å²) in [6.45, 7) is 2.62. The lowest BCUT2D eigenvalue weighted by Crippen LogP contribution is -2.48. The Labute approximate surface area is 150 Å².